The number of hydrogen-bond donors (Lipinski definition) is 1. The fourth-order valence-electron chi connectivity index (χ4n) is 2.16. The van der Waals surface area contributed by atoms with Crippen LogP contribution in [0.25, 0.3) is 0 Å². The first-order valence-corrected chi connectivity index (χ1v) is 6.28. The van der Waals surface area contributed by atoms with Crippen LogP contribution in [0.15, 0.2) is 54.6 Å². The number of benzene rings is 2. The Balaban J connectivity index is 2.21. The quantitative estimate of drug-likeness (QED) is 0.888. The summed E-state index contributed by atoms with van der Waals surface area (Å²) in [5, 5.41) is 0. The Bertz CT molecular complexity index is 491. The van der Waals surface area contributed by atoms with Gasteiger partial charge in [-0.15, -0.1) is 0 Å². The van der Waals surface area contributed by atoms with E-state index < -0.39 is 0 Å². The van der Waals surface area contributed by atoms with Gasteiger partial charge in [-0.25, -0.2) is 0 Å². The molecule has 2 rings (SSSR count). The van der Waals surface area contributed by atoms with Crippen LogP contribution in [-0.4, -0.2) is 7.05 Å². The Hall–Kier alpha value is -1.80. The molecule has 94 valence electrons. The Kier molecular flexibility index (Phi) is 4.00. The summed E-state index contributed by atoms with van der Waals surface area (Å²) in [6.45, 7) is 2.92. The first kappa shape index (κ1) is 12.7. The highest BCUT2D eigenvalue weighted by Crippen LogP contribution is 2.25. The maximum atomic E-state index is 6.02. The molecule has 2 aromatic rings. The highest BCUT2D eigenvalue weighted by atomic mass is 15.1. The smallest absolute Gasteiger partial charge is 0.0426 e. The van der Waals surface area contributed by atoms with Crippen molar-refractivity contribution < 1.29 is 0 Å². The molecule has 2 N–H and O–H groups in total. The third-order valence-corrected chi connectivity index (χ3v) is 3.10. The second-order valence-corrected chi connectivity index (χ2v) is 4.69. The molecule has 0 aliphatic carbocycles. The minimum absolute atomic E-state index is 0.0550. The molecule has 1 atom stereocenters. The molecule has 18 heavy (non-hydrogen) atoms. The number of nitrogens with zero attached hydrogens (tertiary/aromatic N) is 1. The second-order valence-electron chi connectivity index (χ2n) is 4.69. The van der Waals surface area contributed by atoms with Crippen LogP contribution >= 0.6 is 0 Å². The fourth-order valence-corrected chi connectivity index (χ4v) is 2.16. The van der Waals surface area contributed by atoms with Gasteiger partial charge in [0.25, 0.3) is 0 Å². The molecule has 2 nitrogen and oxygen atoms in total. The van der Waals surface area contributed by atoms with Crippen molar-refractivity contribution in [2.75, 3.05) is 11.9 Å². The number of para-hydroxylation sites is 1. The van der Waals surface area contributed by atoms with E-state index in [0.717, 1.165) is 6.54 Å². The largest absolute Gasteiger partial charge is 0.370 e. The van der Waals surface area contributed by atoms with E-state index in [-0.39, 0.29) is 6.04 Å². The monoisotopic (exact) mass is 240 g/mol. The Morgan fingerprint density at radius 1 is 1.00 bits per heavy atom. The van der Waals surface area contributed by atoms with E-state index in [1.807, 2.05) is 19.1 Å². The number of nitrogens with two attached hydrogens (primary N) is 1. The Morgan fingerprint density at radius 2 is 1.61 bits per heavy atom. The van der Waals surface area contributed by atoms with Crippen LogP contribution in [0.4, 0.5) is 5.69 Å². The van der Waals surface area contributed by atoms with Crippen LogP contribution in [0.3, 0.4) is 0 Å². The van der Waals surface area contributed by atoms with Gasteiger partial charge in [0, 0.05) is 25.3 Å². The summed E-state index contributed by atoms with van der Waals surface area (Å²) < 4.78 is 0. The van der Waals surface area contributed by atoms with Crippen molar-refractivity contribution in [3.8, 4) is 0 Å². The summed E-state index contributed by atoms with van der Waals surface area (Å²) in [7, 11) is 2.11. The summed E-state index contributed by atoms with van der Waals surface area (Å²) in [5.74, 6) is 0. The molecule has 2 aromatic carbocycles. The fraction of sp³-hybridized carbons (Fsp3) is 0.250. The maximum Gasteiger partial charge on any atom is 0.0426 e. The average molecular weight is 240 g/mol. The lowest BCUT2D eigenvalue weighted by atomic mass is 10.1. The van der Waals surface area contributed by atoms with Gasteiger partial charge in [-0.05, 0) is 24.1 Å². The van der Waals surface area contributed by atoms with Crippen molar-refractivity contribution in [1.29, 1.82) is 0 Å². The summed E-state index contributed by atoms with van der Waals surface area (Å²) >= 11 is 0. The Labute approximate surface area is 109 Å². The minimum Gasteiger partial charge on any atom is -0.370 e. The first-order valence-electron chi connectivity index (χ1n) is 6.28. The SMILES string of the molecule is C[C@@H](N)c1ccccc1N(C)Cc1ccccc1. The average Bonchev–Trinajstić information content (AvgIpc) is 2.40. The number of anilines is 1. The van der Waals surface area contributed by atoms with Crippen LogP contribution in [0.5, 0.6) is 0 Å². The van der Waals surface area contributed by atoms with Crippen molar-refractivity contribution in [2.45, 2.75) is 19.5 Å². The topological polar surface area (TPSA) is 29.3 Å². The van der Waals surface area contributed by atoms with E-state index in [1.54, 1.807) is 0 Å². The molecular weight excluding hydrogens is 220 g/mol. The standard InChI is InChI=1S/C16H20N2/c1-13(17)15-10-6-7-11-16(15)18(2)12-14-8-4-3-5-9-14/h3-11,13H,12,17H2,1-2H3/t13-/m1/s1. The zero-order valence-electron chi connectivity index (χ0n) is 11.0. The molecule has 0 heterocycles. The van der Waals surface area contributed by atoms with Gasteiger partial charge in [0.1, 0.15) is 0 Å². The number of hydrogen-bond acceptors (Lipinski definition) is 2. The molecular formula is C16H20N2. The zero-order chi connectivity index (χ0) is 13.0. The van der Waals surface area contributed by atoms with Gasteiger partial charge < -0.3 is 10.6 Å². The zero-order valence-corrected chi connectivity index (χ0v) is 11.0. The van der Waals surface area contributed by atoms with Crippen molar-refractivity contribution in [3.63, 3.8) is 0 Å². The lowest BCUT2D eigenvalue weighted by Crippen LogP contribution is -2.20. The summed E-state index contributed by atoms with van der Waals surface area (Å²) in [6, 6.07) is 18.8. The van der Waals surface area contributed by atoms with Crippen LogP contribution < -0.4 is 10.6 Å². The maximum absolute atomic E-state index is 6.02. The molecule has 0 spiro atoms. The second kappa shape index (κ2) is 5.69. The van der Waals surface area contributed by atoms with Gasteiger partial charge in [-0.3, -0.25) is 0 Å². The van der Waals surface area contributed by atoms with Crippen LogP contribution in [0.1, 0.15) is 24.1 Å². The van der Waals surface area contributed by atoms with Gasteiger partial charge in [0.2, 0.25) is 0 Å². The van der Waals surface area contributed by atoms with Crippen molar-refractivity contribution in [1.82, 2.24) is 0 Å². The van der Waals surface area contributed by atoms with E-state index in [0.29, 0.717) is 0 Å². The molecule has 0 fully saturated rings. The Morgan fingerprint density at radius 3 is 2.28 bits per heavy atom. The van der Waals surface area contributed by atoms with Crippen LogP contribution in [0.2, 0.25) is 0 Å². The van der Waals surface area contributed by atoms with E-state index in [9.17, 15) is 0 Å². The highest BCUT2D eigenvalue weighted by molar-refractivity contribution is 5.54. The summed E-state index contributed by atoms with van der Waals surface area (Å²) in [6.07, 6.45) is 0. The van der Waals surface area contributed by atoms with Crippen molar-refractivity contribution >= 4 is 5.69 Å². The molecule has 0 aliphatic rings. The van der Waals surface area contributed by atoms with Gasteiger partial charge in [0.05, 0.1) is 0 Å². The van der Waals surface area contributed by atoms with Gasteiger partial charge in [-0.2, -0.15) is 0 Å². The molecule has 0 amide bonds. The van der Waals surface area contributed by atoms with Crippen LogP contribution in [0, 0.1) is 0 Å². The lowest BCUT2D eigenvalue weighted by Gasteiger charge is -2.24. The van der Waals surface area contributed by atoms with E-state index in [2.05, 4.69) is 54.4 Å². The number of rotatable bonds is 4. The molecule has 0 unspecified atom stereocenters. The van der Waals surface area contributed by atoms with Gasteiger partial charge >= 0.3 is 0 Å². The lowest BCUT2D eigenvalue weighted by molar-refractivity contribution is 0.801. The van der Waals surface area contributed by atoms with Gasteiger partial charge in [-0.1, -0.05) is 48.5 Å². The first-order chi connectivity index (χ1) is 8.68. The van der Waals surface area contributed by atoms with Crippen molar-refractivity contribution in [3.05, 3.63) is 65.7 Å². The molecule has 0 saturated heterocycles. The molecule has 0 radical (unpaired) electrons. The third kappa shape index (κ3) is 2.90. The normalized spacial score (nSPS) is 12.2. The van der Waals surface area contributed by atoms with Gasteiger partial charge in [0.15, 0.2) is 0 Å². The van der Waals surface area contributed by atoms with E-state index in [4.69, 9.17) is 5.73 Å². The summed E-state index contributed by atoms with van der Waals surface area (Å²) in [4.78, 5) is 2.24. The van der Waals surface area contributed by atoms with Crippen LogP contribution in [-0.2, 0) is 6.54 Å². The predicted molar refractivity (Wildman–Crippen MR) is 77.6 cm³/mol. The predicted octanol–water partition coefficient (Wildman–Crippen LogP) is 3.34. The molecule has 0 aliphatic heterocycles. The molecule has 0 aromatic heterocycles. The molecule has 2 heteroatoms. The highest BCUT2D eigenvalue weighted by Gasteiger charge is 2.10. The van der Waals surface area contributed by atoms with E-state index >= 15 is 0 Å². The van der Waals surface area contributed by atoms with E-state index in [1.165, 1.54) is 16.8 Å². The van der Waals surface area contributed by atoms with Crippen molar-refractivity contribution in [2.24, 2.45) is 5.73 Å². The summed E-state index contributed by atoms with van der Waals surface area (Å²) in [5.41, 5.74) is 9.72. The molecule has 0 saturated carbocycles. The minimum atomic E-state index is 0.0550. The third-order valence-electron chi connectivity index (χ3n) is 3.10. The molecule has 0 bridgehead atoms.